The molecule has 4 rings (SSSR count). The number of para-hydroxylation sites is 1. The lowest BCUT2D eigenvalue weighted by molar-refractivity contribution is -0.128. The summed E-state index contributed by atoms with van der Waals surface area (Å²) in [5, 5.41) is 0.126. The number of ketones is 1. The molecular weight excluding hydrogens is 536 g/mol. The number of aryl methyl sites for hydroxylation is 1. The maximum absolute atomic E-state index is 15.4. The molecule has 1 aliphatic heterocycles. The van der Waals surface area contributed by atoms with E-state index in [0.29, 0.717) is 36.2 Å². The van der Waals surface area contributed by atoms with E-state index in [1.54, 1.807) is 37.3 Å². The van der Waals surface area contributed by atoms with E-state index in [9.17, 15) is 22.4 Å². The quantitative estimate of drug-likeness (QED) is 0.402. The molecule has 1 aliphatic rings. The first-order valence-electron chi connectivity index (χ1n) is 11.9. The topological polar surface area (TPSA) is 96.4 Å². The number of nitrogens with one attached hydrogen (secondary N) is 1. The van der Waals surface area contributed by atoms with E-state index in [4.69, 9.17) is 11.6 Å². The smallest absolute Gasteiger partial charge is 0.230 e. The van der Waals surface area contributed by atoms with Gasteiger partial charge in [0.05, 0.1) is 29.1 Å². The van der Waals surface area contributed by atoms with Gasteiger partial charge in [-0.3, -0.25) is 19.3 Å². The Morgan fingerprint density at radius 2 is 1.89 bits per heavy atom. The Morgan fingerprint density at radius 3 is 2.61 bits per heavy atom. The van der Waals surface area contributed by atoms with Crippen molar-refractivity contribution < 1.29 is 26.8 Å². The van der Waals surface area contributed by atoms with E-state index < -0.39 is 27.6 Å². The van der Waals surface area contributed by atoms with Crippen LogP contribution in [0.1, 0.15) is 30.5 Å². The number of halogens is 3. The summed E-state index contributed by atoms with van der Waals surface area (Å²) in [4.78, 5) is 31.3. The lowest BCUT2D eigenvalue weighted by Crippen LogP contribution is -2.42. The van der Waals surface area contributed by atoms with Crippen LogP contribution in [0.25, 0.3) is 11.1 Å². The summed E-state index contributed by atoms with van der Waals surface area (Å²) in [6, 6.07) is 10.4. The molecule has 7 nitrogen and oxygen atoms in total. The standard InChI is InChI=1S/C27H26ClF2N3O4S/c1-16-10-21(20-7-3-4-8-24(20)32-38(2,36)37)22(29)14-26(16)33-9-5-6-17(27(33)35)11-19(34)13-25-23(30)12-18(28)15-31-25/h3-4,7-8,10,12,14-15,17,32H,5-6,9,11,13H2,1-2H3/t17-/m0/s1. The summed E-state index contributed by atoms with van der Waals surface area (Å²) in [5.41, 5.74) is 1.75. The number of benzene rings is 2. The molecule has 1 amide bonds. The van der Waals surface area contributed by atoms with Crippen LogP contribution >= 0.6 is 11.6 Å². The molecule has 1 aromatic heterocycles. The lowest BCUT2D eigenvalue weighted by atomic mass is 9.90. The zero-order valence-electron chi connectivity index (χ0n) is 20.8. The van der Waals surface area contributed by atoms with Gasteiger partial charge in [0.1, 0.15) is 17.4 Å². The first kappa shape index (κ1) is 27.7. The van der Waals surface area contributed by atoms with Crippen LogP contribution in [0.2, 0.25) is 5.02 Å². The average Bonchev–Trinajstić information content (AvgIpc) is 2.83. The van der Waals surface area contributed by atoms with Crippen LogP contribution in [0.3, 0.4) is 0 Å². The van der Waals surface area contributed by atoms with Gasteiger partial charge in [0.2, 0.25) is 15.9 Å². The molecule has 3 aromatic rings. The zero-order chi connectivity index (χ0) is 27.6. The normalized spacial score (nSPS) is 16.0. The molecule has 1 N–H and O–H groups in total. The largest absolute Gasteiger partial charge is 0.312 e. The minimum atomic E-state index is -3.59. The molecule has 0 saturated carbocycles. The SMILES string of the molecule is Cc1cc(-c2ccccc2NS(C)(=O)=O)c(F)cc1N1CCC[C@@H](CC(=O)Cc2ncc(Cl)cc2F)C1=O. The van der Waals surface area contributed by atoms with E-state index in [-0.39, 0.29) is 46.5 Å². The van der Waals surface area contributed by atoms with Crippen LogP contribution in [0.5, 0.6) is 0 Å². The number of piperidine rings is 1. The summed E-state index contributed by atoms with van der Waals surface area (Å²) in [6.45, 7) is 2.10. The number of carbonyl (C=O) groups is 2. The number of hydrogen-bond donors (Lipinski definition) is 1. The van der Waals surface area contributed by atoms with Gasteiger partial charge in [-0.25, -0.2) is 17.2 Å². The van der Waals surface area contributed by atoms with Crippen molar-refractivity contribution in [2.24, 2.45) is 5.92 Å². The molecule has 1 fully saturated rings. The van der Waals surface area contributed by atoms with Crippen molar-refractivity contribution in [1.29, 1.82) is 0 Å². The highest BCUT2D eigenvalue weighted by Crippen LogP contribution is 2.36. The number of pyridine rings is 1. The van der Waals surface area contributed by atoms with Gasteiger partial charge in [0, 0.05) is 41.9 Å². The van der Waals surface area contributed by atoms with Gasteiger partial charge in [-0.15, -0.1) is 0 Å². The number of amides is 1. The first-order valence-corrected chi connectivity index (χ1v) is 14.2. The molecule has 2 aromatic carbocycles. The third-order valence-corrected chi connectivity index (χ3v) is 7.16. The highest BCUT2D eigenvalue weighted by Gasteiger charge is 2.32. The van der Waals surface area contributed by atoms with Crippen molar-refractivity contribution in [2.75, 3.05) is 22.4 Å². The maximum atomic E-state index is 15.4. The number of aromatic nitrogens is 1. The van der Waals surface area contributed by atoms with Crippen molar-refractivity contribution in [1.82, 2.24) is 4.98 Å². The number of hydrogen-bond acceptors (Lipinski definition) is 5. The number of rotatable bonds is 8. The number of anilines is 2. The molecular formula is C27H26ClF2N3O4S. The van der Waals surface area contributed by atoms with Crippen molar-refractivity contribution >= 4 is 44.7 Å². The van der Waals surface area contributed by atoms with Gasteiger partial charge in [-0.05, 0) is 49.6 Å². The predicted octanol–water partition coefficient (Wildman–Crippen LogP) is 5.31. The minimum absolute atomic E-state index is 0.0290. The Hall–Kier alpha value is -3.37. The molecule has 38 heavy (non-hydrogen) atoms. The van der Waals surface area contributed by atoms with E-state index in [0.717, 1.165) is 12.3 Å². The fourth-order valence-electron chi connectivity index (χ4n) is 4.66. The van der Waals surface area contributed by atoms with Crippen molar-refractivity contribution in [3.63, 3.8) is 0 Å². The van der Waals surface area contributed by atoms with Crippen molar-refractivity contribution in [2.45, 2.75) is 32.6 Å². The third kappa shape index (κ3) is 6.36. The monoisotopic (exact) mass is 561 g/mol. The van der Waals surface area contributed by atoms with Gasteiger partial charge in [-0.1, -0.05) is 29.8 Å². The fraction of sp³-hybridized carbons (Fsp3) is 0.296. The van der Waals surface area contributed by atoms with Crippen LogP contribution < -0.4 is 9.62 Å². The van der Waals surface area contributed by atoms with Crippen LogP contribution in [0.15, 0.2) is 48.7 Å². The zero-order valence-corrected chi connectivity index (χ0v) is 22.4. The third-order valence-electron chi connectivity index (χ3n) is 6.36. The first-order chi connectivity index (χ1) is 17.9. The van der Waals surface area contributed by atoms with Crippen LogP contribution in [-0.4, -0.2) is 37.9 Å². The summed E-state index contributed by atoms with van der Waals surface area (Å²) in [6.07, 6.45) is 3.04. The molecule has 2 heterocycles. The average molecular weight is 562 g/mol. The highest BCUT2D eigenvalue weighted by atomic mass is 35.5. The van der Waals surface area contributed by atoms with Gasteiger partial charge in [0.25, 0.3) is 0 Å². The fourth-order valence-corrected chi connectivity index (χ4v) is 5.38. The molecule has 200 valence electrons. The molecule has 0 radical (unpaired) electrons. The number of carbonyl (C=O) groups excluding carboxylic acids is 2. The second kappa shape index (κ2) is 11.2. The molecule has 0 unspecified atom stereocenters. The van der Waals surface area contributed by atoms with E-state index in [1.165, 1.54) is 17.2 Å². The molecule has 1 atom stereocenters. The second-order valence-electron chi connectivity index (χ2n) is 9.37. The summed E-state index contributed by atoms with van der Waals surface area (Å²) in [5.74, 6) is -2.55. The Balaban J connectivity index is 1.55. The van der Waals surface area contributed by atoms with E-state index in [1.807, 2.05) is 0 Å². The summed E-state index contributed by atoms with van der Waals surface area (Å²) < 4.78 is 55.4. The molecule has 0 spiro atoms. The van der Waals surface area contributed by atoms with Crippen LogP contribution in [0, 0.1) is 24.5 Å². The second-order valence-corrected chi connectivity index (χ2v) is 11.6. The lowest BCUT2D eigenvalue weighted by Gasteiger charge is -2.33. The van der Waals surface area contributed by atoms with Crippen LogP contribution in [-0.2, 0) is 26.0 Å². The minimum Gasteiger partial charge on any atom is -0.312 e. The van der Waals surface area contributed by atoms with Gasteiger partial charge >= 0.3 is 0 Å². The molecule has 11 heteroatoms. The highest BCUT2D eigenvalue weighted by molar-refractivity contribution is 7.92. The molecule has 1 saturated heterocycles. The van der Waals surface area contributed by atoms with Crippen molar-refractivity contribution in [3.8, 4) is 11.1 Å². The maximum Gasteiger partial charge on any atom is 0.230 e. The number of sulfonamides is 1. The van der Waals surface area contributed by atoms with Crippen LogP contribution in [0.4, 0.5) is 20.2 Å². The number of Topliss-reactive ketones (excluding diaryl/α,β-unsaturated/α-hetero) is 1. The van der Waals surface area contributed by atoms with Gasteiger partial charge < -0.3 is 4.90 Å². The predicted molar refractivity (Wildman–Crippen MR) is 143 cm³/mol. The summed E-state index contributed by atoms with van der Waals surface area (Å²) in [7, 11) is -3.59. The Labute approximate surface area is 224 Å². The van der Waals surface area contributed by atoms with E-state index in [2.05, 4.69) is 9.71 Å². The van der Waals surface area contributed by atoms with E-state index >= 15 is 4.39 Å². The van der Waals surface area contributed by atoms with Crippen molar-refractivity contribution in [3.05, 3.63) is 76.6 Å². The number of nitrogens with zero attached hydrogens (tertiary/aromatic N) is 2. The molecule has 0 aliphatic carbocycles. The van der Waals surface area contributed by atoms with Gasteiger partial charge in [0.15, 0.2) is 0 Å². The Morgan fingerprint density at radius 1 is 1.16 bits per heavy atom. The Kier molecular flexibility index (Phi) is 8.13. The van der Waals surface area contributed by atoms with Gasteiger partial charge in [-0.2, -0.15) is 0 Å². The summed E-state index contributed by atoms with van der Waals surface area (Å²) >= 11 is 5.71. The Bertz CT molecular complexity index is 1510. The molecule has 0 bridgehead atoms.